The van der Waals surface area contributed by atoms with Gasteiger partial charge in [0.2, 0.25) is 0 Å². The van der Waals surface area contributed by atoms with Crippen LogP contribution in [0.15, 0.2) is 41.0 Å². The Morgan fingerprint density at radius 3 is 2.45 bits per heavy atom. The van der Waals surface area contributed by atoms with Gasteiger partial charge in [-0.15, -0.1) is 0 Å². The predicted octanol–water partition coefficient (Wildman–Crippen LogP) is 5.48. The molecule has 1 saturated carbocycles. The normalized spacial score (nSPS) is 19.9. The molecule has 1 aromatic carbocycles. The highest BCUT2D eigenvalue weighted by Crippen LogP contribution is 2.33. The van der Waals surface area contributed by atoms with Gasteiger partial charge >= 0.3 is 5.97 Å². The molecule has 29 heavy (non-hydrogen) atoms. The first-order valence-corrected chi connectivity index (χ1v) is 11.2. The molecule has 0 amide bonds. The smallest absolute Gasteiger partial charge is 0.332 e. The number of esters is 1. The van der Waals surface area contributed by atoms with Gasteiger partial charge in [-0.3, -0.25) is 4.68 Å². The molecule has 158 valence electrons. The molecule has 0 aliphatic heterocycles. The standard InChI is InChI=1S/C23H31BrN2O3/c1-23(2,3)29-21(27)16-28-15-18-11-9-17(10-12-18)14-26-22(20(24)13-25-26)19-7-5-4-6-8-19/h4-8,13,17-18H,9-12,14-16H2,1-3H3. The molecule has 0 radical (unpaired) electrons. The van der Waals surface area contributed by atoms with Crippen LogP contribution in [-0.2, 0) is 20.8 Å². The van der Waals surface area contributed by atoms with Crippen molar-refractivity contribution in [3.63, 3.8) is 0 Å². The molecule has 1 heterocycles. The van der Waals surface area contributed by atoms with Crippen molar-refractivity contribution in [1.29, 1.82) is 0 Å². The zero-order valence-corrected chi connectivity index (χ0v) is 19.2. The molecule has 0 saturated heterocycles. The molecule has 5 nitrogen and oxygen atoms in total. The van der Waals surface area contributed by atoms with E-state index in [2.05, 4.69) is 50.0 Å². The summed E-state index contributed by atoms with van der Waals surface area (Å²) in [6.07, 6.45) is 6.46. The van der Waals surface area contributed by atoms with Gasteiger partial charge in [0.05, 0.1) is 23.0 Å². The zero-order valence-electron chi connectivity index (χ0n) is 17.6. The van der Waals surface area contributed by atoms with Crippen LogP contribution >= 0.6 is 15.9 Å². The van der Waals surface area contributed by atoms with Crippen LogP contribution in [0.3, 0.4) is 0 Å². The number of rotatable bonds is 7. The topological polar surface area (TPSA) is 53.4 Å². The van der Waals surface area contributed by atoms with E-state index in [-0.39, 0.29) is 12.6 Å². The molecule has 6 heteroatoms. The molecule has 0 spiro atoms. The second-order valence-corrected chi connectivity index (χ2v) is 9.73. The fourth-order valence-corrected chi connectivity index (χ4v) is 4.41. The number of hydrogen-bond acceptors (Lipinski definition) is 4. The van der Waals surface area contributed by atoms with Crippen molar-refractivity contribution in [3.05, 3.63) is 41.0 Å². The second-order valence-electron chi connectivity index (χ2n) is 8.88. The molecule has 2 aromatic rings. The molecule has 0 atom stereocenters. The Labute approximate surface area is 181 Å². The van der Waals surface area contributed by atoms with Gasteiger partial charge in [-0.25, -0.2) is 4.79 Å². The summed E-state index contributed by atoms with van der Waals surface area (Å²) in [6, 6.07) is 10.4. The fraction of sp³-hybridized carbons (Fsp3) is 0.565. The van der Waals surface area contributed by atoms with Crippen molar-refractivity contribution in [1.82, 2.24) is 9.78 Å². The van der Waals surface area contributed by atoms with Crippen molar-refractivity contribution >= 4 is 21.9 Å². The fourth-order valence-electron chi connectivity index (χ4n) is 3.89. The highest BCUT2D eigenvalue weighted by molar-refractivity contribution is 9.10. The summed E-state index contributed by atoms with van der Waals surface area (Å²) in [5, 5.41) is 4.60. The maximum atomic E-state index is 11.7. The third-order valence-electron chi connectivity index (χ3n) is 5.23. The summed E-state index contributed by atoms with van der Waals surface area (Å²) >= 11 is 3.65. The van der Waals surface area contributed by atoms with E-state index in [9.17, 15) is 4.79 Å². The van der Waals surface area contributed by atoms with Crippen molar-refractivity contribution in [3.8, 4) is 11.3 Å². The van der Waals surface area contributed by atoms with Crippen LogP contribution in [0.25, 0.3) is 11.3 Å². The van der Waals surface area contributed by atoms with E-state index in [1.54, 1.807) is 0 Å². The highest BCUT2D eigenvalue weighted by atomic mass is 79.9. The van der Waals surface area contributed by atoms with E-state index in [4.69, 9.17) is 9.47 Å². The summed E-state index contributed by atoms with van der Waals surface area (Å²) in [6.45, 7) is 7.21. The maximum absolute atomic E-state index is 11.7. The first-order valence-electron chi connectivity index (χ1n) is 10.4. The lowest BCUT2D eigenvalue weighted by atomic mass is 9.82. The molecule has 0 N–H and O–H groups in total. The van der Waals surface area contributed by atoms with Crippen LogP contribution < -0.4 is 0 Å². The minimum absolute atomic E-state index is 0.0406. The zero-order chi connectivity index (χ0) is 20.9. The molecule has 3 rings (SSSR count). The van der Waals surface area contributed by atoms with Crippen LogP contribution in [0.4, 0.5) is 0 Å². The van der Waals surface area contributed by atoms with E-state index in [1.807, 2.05) is 33.0 Å². The highest BCUT2D eigenvalue weighted by Gasteiger charge is 2.24. The Morgan fingerprint density at radius 2 is 1.79 bits per heavy atom. The average molecular weight is 463 g/mol. The van der Waals surface area contributed by atoms with Gasteiger partial charge in [0, 0.05) is 12.1 Å². The van der Waals surface area contributed by atoms with Crippen LogP contribution in [-0.4, -0.2) is 34.6 Å². The number of nitrogens with zero attached hydrogens (tertiary/aromatic N) is 2. The summed E-state index contributed by atoms with van der Waals surface area (Å²) in [5.74, 6) is 0.849. The number of aromatic nitrogens is 2. The molecular weight excluding hydrogens is 432 g/mol. The first kappa shape index (κ1) is 22.0. The van der Waals surface area contributed by atoms with Crippen molar-refractivity contribution < 1.29 is 14.3 Å². The van der Waals surface area contributed by atoms with Gasteiger partial charge in [0.25, 0.3) is 0 Å². The lowest BCUT2D eigenvalue weighted by Crippen LogP contribution is -2.28. The van der Waals surface area contributed by atoms with Crippen LogP contribution in [0.1, 0.15) is 46.5 Å². The van der Waals surface area contributed by atoms with E-state index in [0.717, 1.165) is 42.4 Å². The third-order valence-corrected chi connectivity index (χ3v) is 5.81. The van der Waals surface area contributed by atoms with E-state index in [1.165, 1.54) is 5.56 Å². The van der Waals surface area contributed by atoms with Gasteiger partial charge in [-0.1, -0.05) is 30.3 Å². The Morgan fingerprint density at radius 1 is 1.14 bits per heavy atom. The van der Waals surface area contributed by atoms with Crippen molar-refractivity contribution in [2.75, 3.05) is 13.2 Å². The Kier molecular flexibility index (Phi) is 7.52. The number of carbonyl (C=O) groups is 1. The molecule has 1 aliphatic rings. The number of halogens is 1. The molecule has 1 fully saturated rings. The monoisotopic (exact) mass is 462 g/mol. The lowest BCUT2D eigenvalue weighted by molar-refractivity contribution is -0.160. The van der Waals surface area contributed by atoms with Gasteiger partial charge in [0.1, 0.15) is 12.2 Å². The summed E-state index contributed by atoms with van der Waals surface area (Å²) in [5.41, 5.74) is 1.87. The Bertz CT molecular complexity index is 790. The van der Waals surface area contributed by atoms with Gasteiger partial charge in [-0.05, 0) is 74.2 Å². The predicted molar refractivity (Wildman–Crippen MR) is 117 cm³/mol. The summed E-state index contributed by atoms with van der Waals surface area (Å²) < 4.78 is 14.1. The van der Waals surface area contributed by atoms with E-state index in [0.29, 0.717) is 18.4 Å². The van der Waals surface area contributed by atoms with Crippen molar-refractivity contribution in [2.45, 2.75) is 58.6 Å². The molecular formula is C23H31BrN2O3. The number of benzene rings is 1. The number of hydrogen-bond donors (Lipinski definition) is 0. The van der Waals surface area contributed by atoms with Gasteiger partial charge < -0.3 is 9.47 Å². The van der Waals surface area contributed by atoms with Crippen LogP contribution in [0, 0.1) is 11.8 Å². The number of carbonyl (C=O) groups excluding carboxylic acids is 1. The van der Waals surface area contributed by atoms with Crippen LogP contribution in [0.2, 0.25) is 0 Å². The molecule has 1 aromatic heterocycles. The van der Waals surface area contributed by atoms with E-state index >= 15 is 0 Å². The minimum Gasteiger partial charge on any atom is -0.458 e. The second kappa shape index (κ2) is 9.90. The lowest BCUT2D eigenvalue weighted by Gasteiger charge is -2.28. The maximum Gasteiger partial charge on any atom is 0.332 e. The summed E-state index contributed by atoms with van der Waals surface area (Å²) in [4.78, 5) is 11.7. The Balaban J connectivity index is 1.45. The van der Waals surface area contributed by atoms with Gasteiger partial charge in [0.15, 0.2) is 0 Å². The molecule has 0 bridgehead atoms. The van der Waals surface area contributed by atoms with Crippen LogP contribution in [0.5, 0.6) is 0 Å². The molecule has 1 aliphatic carbocycles. The van der Waals surface area contributed by atoms with Crippen molar-refractivity contribution in [2.24, 2.45) is 11.8 Å². The summed E-state index contributed by atoms with van der Waals surface area (Å²) in [7, 11) is 0. The Hall–Kier alpha value is -1.66. The molecule has 0 unspecified atom stereocenters. The number of ether oxygens (including phenoxy) is 2. The SMILES string of the molecule is CC(C)(C)OC(=O)COCC1CCC(Cn2ncc(Br)c2-c2ccccc2)CC1. The van der Waals surface area contributed by atoms with Gasteiger partial charge in [-0.2, -0.15) is 5.10 Å². The average Bonchev–Trinajstić information content (AvgIpc) is 3.02. The van der Waals surface area contributed by atoms with E-state index < -0.39 is 5.60 Å². The first-order chi connectivity index (χ1) is 13.8. The minimum atomic E-state index is -0.460. The quantitative estimate of drug-likeness (QED) is 0.511. The third kappa shape index (κ3) is 6.68. The largest absolute Gasteiger partial charge is 0.458 e.